The van der Waals surface area contributed by atoms with E-state index in [2.05, 4.69) is 28.0 Å². The molecule has 1 aliphatic rings. The Hall–Kier alpha value is -2.22. The molecule has 0 radical (unpaired) electrons. The molecule has 0 saturated heterocycles. The molecule has 0 aliphatic carbocycles. The van der Waals surface area contributed by atoms with E-state index in [1.165, 1.54) is 15.6 Å². The number of nitrogens with one attached hydrogen (secondary N) is 1. The van der Waals surface area contributed by atoms with E-state index in [1.54, 1.807) is 7.05 Å². The second-order valence-electron chi connectivity index (χ2n) is 7.10. The van der Waals surface area contributed by atoms with Gasteiger partial charge in [-0.25, -0.2) is 9.20 Å². The molecule has 4 rings (SSSR count). The van der Waals surface area contributed by atoms with Crippen molar-refractivity contribution in [3.63, 3.8) is 0 Å². The molecule has 146 valence electrons. The number of nitrogens with zero attached hydrogens (tertiary/aromatic N) is 2. The maximum atomic E-state index is 12.9. The number of aromatic nitrogens is 1. The Labute approximate surface area is 174 Å². The van der Waals surface area contributed by atoms with Gasteiger partial charge in [-0.05, 0) is 36.6 Å². The van der Waals surface area contributed by atoms with E-state index < -0.39 is 15.2 Å². The molecule has 0 bridgehead atoms. The van der Waals surface area contributed by atoms with Gasteiger partial charge in [-0.3, -0.25) is 4.31 Å². The van der Waals surface area contributed by atoms with Crippen molar-refractivity contribution in [1.82, 2.24) is 9.29 Å². The third-order valence-corrected chi connectivity index (χ3v) is 8.93. The van der Waals surface area contributed by atoms with Gasteiger partial charge in [0.05, 0.1) is 35.9 Å². The molecule has 3 N–H and O–H groups in total. The highest BCUT2D eigenvalue weighted by Crippen LogP contribution is 2.44. The van der Waals surface area contributed by atoms with Gasteiger partial charge in [0.15, 0.2) is 0 Å². The molecular weight excluding hydrogens is 412 g/mol. The van der Waals surface area contributed by atoms with Crippen LogP contribution >= 0.6 is 22.9 Å². The summed E-state index contributed by atoms with van der Waals surface area (Å²) in [6.07, 6.45) is 0. The van der Waals surface area contributed by atoms with Gasteiger partial charge in [-0.2, -0.15) is 0 Å². The van der Waals surface area contributed by atoms with Crippen molar-refractivity contribution in [2.24, 2.45) is 10.7 Å². The Morgan fingerprint density at radius 1 is 1.29 bits per heavy atom. The molecule has 28 heavy (non-hydrogen) atoms. The van der Waals surface area contributed by atoms with Crippen molar-refractivity contribution >= 4 is 44.5 Å². The molecule has 3 aromatic rings. The third kappa shape index (κ3) is 3.23. The number of hydrogen-bond acceptors (Lipinski definition) is 4. The lowest BCUT2D eigenvalue weighted by atomic mass is 10.0. The largest absolute Gasteiger partial charge is 0.369 e. The second-order valence-corrected chi connectivity index (χ2v) is 10.9. The van der Waals surface area contributed by atoms with E-state index in [1.807, 2.05) is 43.3 Å². The van der Waals surface area contributed by atoms with Crippen molar-refractivity contribution in [3.05, 3.63) is 58.4 Å². The van der Waals surface area contributed by atoms with Crippen molar-refractivity contribution < 1.29 is 4.21 Å². The molecule has 1 aliphatic heterocycles. The molecule has 0 saturated carbocycles. The first-order valence-electron chi connectivity index (χ1n) is 8.68. The van der Waals surface area contributed by atoms with Gasteiger partial charge in [-0.1, -0.05) is 41.9 Å². The summed E-state index contributed by atoms with van der Waals surface area (Å²) in [5, 5.41) is 0.592. The molecule has 0 amide bonds. The number of hydrogen-bond donors (Lipinski definition) is 2. The molecule has 1 unspecified atom stereocenters. The average molecular weight is 433 g/mol. The van der Waals surface area contributed by atoms with Crippen LogP contribution in [0.5, 0.6) is 0 Å². The molecule has 2 atom stereocenters. The number of thiophene rings is 1. The van der Waals surface area contributed by atoms with Crippen molar-refractivity contribution in [2.45, 2.75) is 12.5 Å². The van der Waals surface area contributed by atoms with Gasteiger partial charge < -0.3 is 10.7 Å². The first kappa shape index (κ1) is 19.1. The normalized spacial score (nSPS) is 25.0. The highest BCUT2D eigenvalue weighted by Gasteiger charge is 2.39. The van der Waals surface area contributed by atoms with Crippen molar-refractivity contribution in [1.29, 1.82) is 0 Å². The lowest BCUT2D eigenvalue weighted by molar-refractivity contribution is 0.522. The summed E-state index contributed by atoms with van der Waals surface area (Å²) in [5.41, 5.74) is 8.37. The average Bonchev–Trinajstić information content (AvgIpc) is 3.27. The van der Waals surface area contributed by atoms with Crippen LogP contribution in [-0.2, 0) is 15.2 Å². The fourth-order valence-electron chi connectivity index (χ4n) is 3.37. The summed E-state index contributed by atoms with van der Waals surface area (Å²) >= 11 is 8.11. The maximum absolute atomic E-state index is 12.9. The van der Waals surface area contributed by atoms with Crippen LogP contribution in [0.15, 0.2) is 53.5 Å². The zero-order chi connectivity index (χ0) is 20.1. The van der Waals surface area contributed by atoms with Gasteiger partial charge in [0, 0.05) is 12.7 Å². The quantitative estimate of drug-likeness (QED) is 0.609. The summed E-state index contributed by atoms with van der Waals surface area (Å²) in [6.45, 7) is 1.91. The van der Waals surface area contributed by atoms with E-state index in [9.17, 15) is 4.21 Å². The molecule has 5 nitrogen and oxygen atoms in total. The summed E-state index contributed by atoms with van der Waals surface area (Å²) < 4.78 is 14.3. The minimum Gasteiger partial charge on any atom is -0.369 e. The number of nitrogens with two attached hydrogens (primary N) is 1. The predicted octanol–water partition coefficient (Wildman–Crippen LogP) is 4.17. The van der Waals surface area contributed by atoms with Gasteiger partial charge >= 0.3 is 0 Å². The van der Waals surface area contributed by atoms with E-state index in [-0.39, 0.29) is 11.7 Å². The summed E-state index contributed by atoms with van der Waals surface area (Å²) in [6, 6.07) is 16.1. The molecule has 0 fully saturated rings. The van der Waals surface area contributed by atoms with Gasteiger partial charge in [0.25, 0.3) is 0 Å². The van der Waals surface area contributed by atoms with Gasteiger partial charge in [0.2, 0.25) is 5.96 Å². The minimum atomic E-state index is -2.55. The van der Waals surface area contributed by atoms with E-state index in [0.717, 1.165) is 26.7 Å². The Morgan fingerprint density at radius 2 is 1.96 bits per heavy atom. The highest BCUT2D eigenvalue weighted by molar-refractivity contribution is 7.98. The fourth-order valence-corrected chi connectivity index (χ4v) is 6.74. The van der Waals surface area contributed by atoms with E-state index >= 15 is 0 Å². The lowest BCUT2D eigenvalue weighted by Gasteiger charge is -2.36. The first-order valence-corrected chi connectivity index (χ1v) is 11.7. The Bertz CT molecular complexity index is 1160. The molecule has 3 heterocycles. The molecule has 1 aromatic carbocycles. The van der Waals surface area contributed by atoms with Crippen LogP contribution in [0, 0.1) is 0 Å². The van der Waals surface area contributed by atoms with Crippen LogP contribution in [-0.4, -0.2) is 38.1 Å². The van der Waals surface area contributed by atoms with Crippen LogP contribution < -0.4 is 5.73 Å². The summed E-state index contributed by atoms with van der Waals surface area (Å²) in [4.78, 5) is 9.88. The number of halogens is 1. The second kappa shape index (κ2) is 6.69. The monoisotopic (exact) mass is 432 g/mol. The number of benzene rings is 1. The Morgan fingerprint density at radius 3 is 2.64 bits per heavy atom. The fraction of sp³-hybridized carbons (Fsp3) is 0.200. The topological polar surface area (TPSA) is 74.5 Å². The van der Waals surface area contributed by atoms with E-state index in [4.69, 9.17) is 17.3 Å². The number of guanidine groups is 1. The van der Waals surface area contributed by atoms with Crippen LogP contribution in [0.3, 0.4) is 0 Å². The predicted molar refractivity (Wildman–Crippen MR) is 121 cm³/mol. The third-order valence-electron chi connectivity index (χ3n) is 4.90. The number of aliphatic imine (C=N–C) groups is 1. The number of H-pyrrole nitrogens is 1. The van der Waals surface area contributed by atoms with Crippen molar-refractivity contribution in [3.8, 4) is 21.8 Å². The smallest absolute Gasteiger partial charge is 0.203 e. The van der Waals surface area contributed by atoms with E-state index in [0.29, 0.717) is 5.02 Å². The number of rotatable bonds is 3. The molecule has 8 heteroatoms. The van der Waals surface area contributed by atoms with Crippen LogP contribution in [0.1, 0.15) is 11.8 Å². The SMILES string of the molecule is C=S1(=O)C[C@@](C)(c2sc(-c3ccc(-c4ccccc4)[nH]3)cc2Cl)N=C(N)N1C. The molecular formula is C20H21ClN4OS2. The Balaban J connectivity index is 1.73. The zero-order valence-electron chi connectivity index (χ0n) is 15.6. The summed E-state index contributed by atoms with van der Waals surface area (Å²) in [5.74, 6) is 4.34. The zero-order valence-corrected chi connectivity index (χ0v) is 18.0. The minimum absolute atomic E-state index is 0.214. The van der Waals surface area contributed by atoms with Crippen LogP contribution in [0.25, 0.3) is 21.8 Å². The Kier molecular flexibility index (Phi) is 4.56. The van der Waals surface area contributed by atoms with Crippen LogP contribution in [0.4, 0.5) is 0 Å². The lowest BCUT2D eigenvalue weighted by Crippen LogP contribution is -2.50. The van der Waals surface area contributed by atoms with Crippen molar-refractivity contribution in [2.75, 3.05) is 12.8 Å². The maximum Gasteiger partial charge on any atom is 0.203 e. The standard InChI is InChI=1S/C20H21ClN4OS2/c1-20(12-28(3,26)25(2)19(22)24-20)18-14(21)11-17(27-18)16-10-9-15(23-16)13-7-5-4-6-8-13/h4-11,23H,3,12H2,1-2H3,(H2,22,24)/t20-,28?/m0/s1. The van der Waals surface area contributed by atoms with Gasteiger partial charge in [0.1, 0.15) is 5.54 Å². The first-order chi connectivity index (χ1) is 13.2. The summed E-state index contributed by atoms with van der Waals surface area (Å²) in [7, 11) is -0.901. The van der Waals surface area contributed by atoms with Crippen LogP contribution in [0.2, 0.25) is 5.02 Å². The number of aromatic amines is 1. The molecule has 2 aromatic heterocycles. The van der Waals surface area contributed by atoms with Gasteiger partial charge in [-0.15, -0.1) is 11.3 Å². The highest BCUT2D eigenvalue weighted by atomic mass is 35.5. The molecule has 0 spiro atoms.